The number of halogens is 1. The molecule has 1 fully saturated rings. The highest BCUT2D eigenvalue weighted by Crippen LogP contribution is 2.26. The van der Waals surface area contributed by atoms with E-state index < -0.39 is 6.10 Å². The Kier molecular flexibility index (Phi) is 31.5. The second kappa shape index (κ2) is 31.7. The molecule has 278 valence electrons. The van der Waals surface area contributed by atoms with Crippen LogP contribution in [0, 0.1) is 11.8 Å². The number of carbonyl (C=O) groups is 2. The number of likely N-dealkylation sites (N-methyl/N-ethyl adjacent to an activating group) is 1. The van der Waals surface area contributed by atoms with Gasteiger partial charge in [0.25, 0.3) is 0 Å². The molecule has 2 amide bonds. The van der Waals surface area contributed by atoms with Gasteiger partial charge in [-0.1, -0.05) is 82.0 Å². The second-order valence-corrected chi connectivity index (χ2v) is 13.3. The van der Waals surface area contributed by atoms with Crippen LogP contribution < -0.4 is 31.9 Å². The van der Waals surface area contributed by atoms with Crippen LogP contribution in [0.3, 0.4) is 0 Å². The molecule has 0 bridgehead atoms. The van der Waals surface area contributed by atoms with Crippen LogP contribution in [-0.4, -0.2) is 73.5 Å². The molecule has 3 unspecified atom stereocenters. The van der Waals surface area contributed by atoms with Crippen LogP contribution in [0.25, 0.3) is 0 Å². The van der Waals surface area contributed by atoms with E-state index in [0.29, 0.717) is 43.8 Å². The van der Waals surface area contributed by atoms with Gasteiger partial charge in [-0.3, -0.25) is 9.59 Å². The minimum Gasteiger partial charge on any atom is -0.394 e. The lowest BCUT2D eigenvalue weighted by molar-refractivity contribution is -0.120. The number of hydrogen-bond acceptors (Lipinski definition) is 8. The van der Waals surface area contributed by atoms with Crippen molar-refractivity contribution < 1.29 is 19.8 Å². The van der Waals surface area contributed by atoms with E-state index in [1.165, 1.54) is 24.5 Å². The van der Waals surface area contributed by atoms with Crippen molar-refractivity contribution in [1.82, 2.24) is 31.9 Å². The predicted octanol–water partition coefficient (Wildman–Crippen LogP) is 5.52. The number of rotatable bonds is 25. The standard InChI is InChI=1S/C18H32IN3O.C10H21NO3.C9H16N2/c1-14(2)17(5)22-16(4)13-21-15(3)9-7-6-8-12-20-18(23)10-11-19;1-3-10(14)11-5-4-8(2)6-9(13)7-12;1-3-11-8(2)6-10-7-9-4-5-9/h10-11,14,17,21-22H,3-4,6-9,12-13H2,1-2,5H3,(H,20,23);8-9,12-13H,3-7H2,1-2H3,(H,11,14);7,10-11H,2-6H2,1H3/b11-10-;;. The van der Waals surface area contributed by atoms with E-state index in [1.807, 2.05) is 36.4 Å². The zero-order valence-corrected chi connectivity index (χ0v) is 33.0. The van der Waals surface area contributed by atoms with E-state index in [0.717, 1.165) is 68.8 Å². The first-order valence-electron chi connectivity index (χ1n) is 17.6. The molecule has 1 aliphatic carbocycles. The van der Waals surface area contributed by atoms with Crippen molar-refractivity contribution in [3.63, 3.8) is 0 Å². The molecule has 0 aliphatic heterocycles. The number of aliphatic hydroxyl groups is 2. The summed E-state index contributed by atoms with van der Waals surface area (Å²) in [5.74, 6) is 0.934. The molecule has 10 nitrogen and oxygen atoms in total. The third kappa shape index (κ3) is 33.4. The molecule has 0 aromatic carbocycles. The van der Waals surface area contributed by atoms with E-state index in [-0.39, 0.29) is 18.4 Å². The van der Waals surface area contributed by atoms with Crippen molar-refractivity contribution in [3.05, 3.63) is 58.8 Å². The Bertz CT molecular complexity index is 964. The minimum atomic E-state index is -0.633. The molecule has 1 aliphatic rings. The average molecular weight is 789 g/mol. The van der Waals surface area contributed by atoms with Gasteiger partial charge in [0.15, 0.2) is 0 Å². The van der Waals surface area contributed by atoms with E-state index >= 15 is 0 Å². The fourth-order valence-electron chi connectivity index (χ4n) is 3.92. The number of unbranched alkanes of at least 4 members (excludes halogenated alkanes) is 2. The highest BCUT2D eigenvalue weighted by atomic mass is 127. The van der Waals surface area contributed by atoms with Gasteiger partial charge < -0.3 is 42.1 Å². The molecule has 1 rings (SSSR count). The van der Waals surface area contributed by atoms with Crippen molar-refractivity contribution in [3.8, 4) is 0 Å². The van der Waals surface area contributed by atoms with Crippen molar-refractivity contribution in [2.75, 3.05) is 39.3 Å². The maximum atomic E-state index is 11.2. The summed E-state index contributed by atoms with van der Waals surface area (Å²) < 4.78 is 1.72. The van der Waals surface area contributed by atoms with Gasteiger partial charge in [0, 0.05) is 55.3 Å². The molecule has 0 radical (unpaired) electrons. The molecule has 0 saturated heterocycles. The molecule has 0 heterocycles. The quantitative estimate of drug-likeness (QED) is 0.0343. The summed E-state index contributed by atoms with van der Waals surface area (Å²) in [7, 11) is 0. The number of hydrogen-bond donors (Lipinski definition) is 8. The van der Waals surface area contributed by atoms with Gasteiger partial charge in [0.1, 0.15) is 0 Å². The lowest BCUT2D eigenvalue weighted by Crippen LogP contribution is -2.33. The van der Waals surface area contributed by atoms with Gasteiger partial charge in [-0.25, -0.2) is 0 Å². The molecule has 8 N–H and O–H groups in total. The van der Waals surface area contributed by atoms with Crippen LogP contribution in [0.2, 0.25) is 0 Å². The Balaban J connectivity index is 0. The third-order valence-electron chi connectivity index (χ3n) is 7.41. The summed E-state index contributed by atoms with van der Waals surface area (Å²) in [6.07, 6.45) is 11.6. The smallest absolute Gasteiger partial charge is 0.244 e. The number of nitrogens with one attached hydrogen (secondary N) is 6. The number of aliphatic hydroxyl groups excluding tert-OH is 2. The Hall–Kier alpha value is -2.51. The third-order valence-corrected chi connectivity index (χ3v) is 7.76. The molecule has 48 heavy (non-hydrogen) atoms. The van der Waals surface area contributed by atoms with Crippen molar-refractivity contribution in [2.24, 2.45) is 11.8 Å². The molecule has 0 spiro atoms. The number of carbonyl (C=O) groups excluding carboxylic acids is 2. The van der Waals surface area contributed by atoms with E-state index in [2.05, 4.69) is 85.5 Å². The highest BCUT2D eigenvalue weighted by Gasteiger charge is 2.10. The van der Waals surface area contributed by atoms with Gasteiger partial charge in [-0.15, -0.1) is 0 Å². The second-order valence-electron chi connectivity index (χ2n) is 12.6. The predicted molar refractivity (Wildman–Crippen MR) is 211 cm³/mol. The lowest BCUT2D eigenvalue weighted by atomic mass is 10.0. The molecule has 11 heteroatoms. The molecule has 0 aromatic rings. The van der Waals surface area contributed by atoms with Crippen molar-refractivity contribution in [1.29, 1.82) is 0 Å². The maximum absolute atomic E-state index is 11.2. The van der Waals surface area contributed by atoms with Gasteiger partial charge in [0.2, 0.25) is 11.8 Å². The Morgan fingerprint density at radius 3 is 2.15 bits per heavy atom. The summed E-state index contributed by atoms with van der Waals surface area (Å²) in [5.41, 5.74) is 4.62. The average Bonchev–Trinajstić information content (AvgIpc) is 3.86. The Labute approximate surface area is 306 Å². The number of amides is 2. The summed E-state index contributed by atoms with van der Waals surface area (Å²) in [4.78, 5) is 22.1. The van der Waals surface area contributed by atoms with Crippen molar-refractivity contribution in [2.45, 2.75) is 111 Å². The first kappa shape index (κ1) is 47.6. The van der Waals surface area contributed by atoms with Gasteiger partial charge in [-0.05, 0) is 80.9 Å². The molecule has 1 saturated carbocycles. The molecular weight excluding hydrogens is 719 g/mol. The lowest BCUT2D eigenvalue weighted by Gasteiger charge is -2.21. The van der Waals surface area contributed by atoms with Crippen LogP contribution in [0.15, 0.2) is 58.8 Å². The van der Waals surface area contributed by atoms with Crippen LogP contribution in [-0.2, 0) is 9.59 Å². The maximum Gasteiger partial charge on any atom is 0.244 e. The topological polar surface area (TPSA) is 147 Å². The largest absolute Gasteiger partial charge is 0.394 e. The van der Waals surface area contributed by atoms with E-state index in [4.69, 9.17) is 10.2 Å². The molecule has 3 atom stereocenters. The van der Waals surface area contributed by atoms with Crippen LogP contribution in [0.4, 0.5) is 0 Å². The summed E-state index contributed by atoms with van der Waals surface area (Å²) >= 11 is 2.04. The van der Waals surface area contributed by atoms with Crippen LogP contribution in [0.1, 0.15) is 99.3 Å². The minimum absolute atomic E-state index is 0.0212. The fraction of sp³-hybridized carbons (Fsp3) is 0.676. The normalized spacial score (nSPS) is 13.4. The Morgan fingerprint density at radius 2 is 1.58 bits per heavy atom. The SMILES string of the molecule is C=C(CCCCCNC(=O)/C=C\I)NCC(=C)NC(C)C(C)C.C=C(CNC=C1CC1)NCC.CCC(=O)NCCC(C)CC(O)CO. The highest BCUT2D eigenvalue weighted by molar-refractivity contribution is 14.1. The van der Waals surface area contributed by atoms with Gasteiger partial charge >= 0.3 is 0 Å². The van der Waals surface area contributed by atoms with Crippen LogP contribution >= 0.6 is 22.6 Å². The zero-order chi connectivity index (χ0) is 36.7. The monoisotopic (exact) mass is 788 g/mol. The summed E-state index contributed by atoms with van der Waals surface area (Å²) in [5, 5.41) is 36.5. The van der Waals surface area contributed by atoms with E-state index in [9.17, 15) is 9.59 Å². The van der Waals surface area contributed by atoms with E-state index in [1.54, 1.807) is 4.08 Å². The zero-order valence-electron chi connectivity index (χ0n) is 30.9. The Morgan fingerprint density at radius 1 is 0.896 bits per heavy atom. The fourth-order valence-corrected chi connectivity index (χ4v) is 4.24. The summed E-state index contributed by atoms with van der Waals surface area (Å²) in [6, 6.07) is 0.426. The first-order chi connectivity index (χ1) is 22.8. The van der Waals surface area contributed by atoms with Crippen LogP contribution in [0.5, 0.6) is 0 Å². The molecule has 0 aromatic heterocycles. The number of allylic oxidation sites excluding steroid dienone is 2. The molecular formula is C37H69IN6O4. The summed E-state index contributed by atoms with van der Waals surface area (Å²) in [6.45, 7) is 28.1. The van der Waals surface area contributed by atoms with Crippen molar-refractivity contribution >= 4 is 34.4 Å². The van der Waals surface area contributed by atoms with Gasteiger partial charge in [-0.2, -0.15) is 0 Å². The first-order valence-corrected chi connectivity index (χ1v) is 18.8. The van der Waals surface area contributed by atoms with Gasteiger partial charge in [0.05, 0.1) is 25.8 Å².